The van der Waals surface area contributed by atoms with E-state index in [-0.39, 0.29) is 18.3 Å². The zero-order valence-corrected chi connectivity index (χ0v) is 13.1. The molecule has 2 amide bonds. The highest BCUT2D eigenvalue weighted by Crippen LogP contribution is 2.27. The van der Waals surface area contributed by atoms with Gasteiger partial charge in [-0.2, -0.15) is 0 Å². The number of benzene rings is 1. The summed E-state index contributed by atoms with van der Waals surface area (Å²) in [4.78, 5) is 25.4. The third-order valence-corrected chi connectivity index (χ3v) is 3.24. The zero-order chi connectivity index (χ0) is 16.3. The van der Waals surface area contributed by atoms with Crippen LogP contribution in [0.3, 0.4) is 0 Å². The summed E-state index contributed by atoms with van der Waals surface area (Å²) in [5.74, 6) is -0.543. The Kier molecular flexibility index (Phi) is 4.68. The van der Waals surface area contributed by atoms with Gasteiger partial charge in [0, 0.05) is 12.2 Å². The standard InChI is InChI=1S/C16H21FN2O3/c1-16(2,3)22-15(21)18-10-14(20)19-8-4-5-11-9-12(17)6-7-13(11)19/h6-7,9H,4-5,8,10H2,1-3H3,(H,18,21). The number of hydrogen-bond donors (Lipinski definition) is 1. The molecule has 1 aliphatic rings. The smallest absolute Gasteiger partial charge is 0.408 e. The van der Waals surface area contributed by atoms with Crippen molar-refractivity contribution in [3.05, 3.63) is 29.6 Å². The first-order chi connectivity index (χ1) is 10.3. The Labute approximate surface area is 129 Å². The number of carbonyl (C=O) groups is 2. The van der Waals surface area contributed by atoms with E-state index in [1.807, 2.05) is 0 Å². The molecule has 22 heavy (non-hydrogen) atoms. The highest BCUT2D eigenvalue weighted by Gasteiger charge is 2.24. The van der Waals surface area contributed by atoms with Gasteiger partial charge in [-0.05, 0) is 57.4 Å². The fraction of sp³-hybridized carbons (Fsp3) is 0.500. The molecule has 0 atom stereocenters. The second kappa shape index (κ2) is 6.34. The fourth-order valence-electron chi connectivity index (χ4n) is 2.38. The Morgan fingerprint density at radius 1 is 1.36 bits per heavy atom. The number of alkyl carbamates (subject to hydrolysis) is 1. The van der Waals surface area contributed by atoms with Crippen LogP contribution in [-0.2, 0) is 16.0 Å². The summed E-state index contributed by atoms with van der Waals surface area (Å²) >= 11 is 0. The molecule has 2 rings (SSSR count). The highest BCUT2D eigenvalue weighted by atomic mass is 19.1. The molecule has 1 aliphatic heterocycles. The van der Waals surface area contributed by atoms with Crippen molar-refractivity contribution in [1.29, 1.82) is 0 Å². The van der Waals surface area contributed by atoms with Gasteiger partial charge in [0.25, 0.3) is 0 Å². The second-order valence-electron chi connectivity index (χ2n) is 6.28. The minimum absolute atomic E-state index is 0.147. The minimum atomic E-state index is -0.628. The molecule has 1 heterocycles. The van der Waals surface area contributed by atoms with Gasteiger partial charge in [-0.25, -0.2) is 9.18 Å². The zero-order valence-electron chi connectivity index (χ0n) is 13.1. The van der Waals surface area contributed by atoms with Crippen molar-refractivity contribution < 1.29 is 18.7 Å². The first-order valence-corrected chi connectivity index (χ1v) is 7.32. The Bertz CT molecular complexity index is 581. The predicted molar refractivity (Wildman–Crippen MR) is 81.3 cm³/mol. The average molecular weight is 308 g/mol. The molecule has 0 saturated heterocycles. The van der Waals surface area contributed by atoms with Gasteiger partial charge in [0.1, 0.15) is 18.0 Å². The summed E-state index contributed by atoms with van der Waals surface area (Å²) in [6, 6.07) is 4.40. The highest BCUT2D eigenvalue weighted by molar-refractivity contribution is 5.97. The molecule has 0 spiro atoms. The van der Waals surface area contributed by atoms with Gasteiger partial charge < -0.3 is 15.0 Å². The minimum Gasteiger partial charge on any atom is -0.444 e. The maximum absolute atomic E-state index is 13.3. The number of halogens is 1. The molecule has 0 unspecified atom stereocenters. The molecule has 1 aromatic rings. The van der Waals surface area contributed by atoms with E-state index in [2.05, 4.69) is 5.32 Å². The van der Waals surface area contributed by atoms with Crippen molar-refractivity contribution in [3.63, 3.8) is 0 Å². The van der Waals surface area contributed by atoms with Gasteiger partial charge in [-0.1, -0.05) is 0 Å². The third-order valence-electron chi connectivity index (χ3n) is 3.24. The van der Waals surface area contributed by atoms with Crippen molar-refractivity contribution in [1.82, 2.24) is 5.32 Å². The summed E-state index contributed by atoms with van der Waals surface area (Å²) in [5.41, 5.74) is 0.919. The molecule has 1 N–H and O–H groups in total. The van der Waals surface area contributed by atoms with E-state index in [4.69, 9.17) is 4.74 Å². The molecular weight excluding hydrogens is 287 g/mol. The molecule has 0 aromatic heterocycles. The van der Waals surface area contributed by atoms with Crippen LogP contribution in [0.1, 0.15) is 32.8 Å². The number of carbonyl (C=O) groups excluding carboxylic acids is 2. The number of fused-ring (bicyclic) bond motifs is 1. The summed E-state index contributed by atoms with van der Waals surface area (Å²) in [6.45, 7) is 5.68. The maximum atomic E-state index is 13.3. The van der Waals surface area contributed by atoms with Crippen LogP contribution >= 0.6 is 0 Å². The molecule has 1 aromatic carbocycles. The number of aryl methyl sites for hydroxylation is 1. The first-order valence-electron chi connectivity index (χ1n) is 7.32. The van der Waals surface area contributed by atoms with Crippen LogP contribution in [0.25, 0.3) is 0 Å². The van der Waals surface area contributed by atoms with Crippen molar-refractivity contribution in [2.45, 2.75) is 39.2 Å². The third kappa shape index (κ3) is 4.19. The number of nitrogens with one attached hydrogen (secondary N) is 1. The van der Waals surface area contributed by atoms with Crippen LogP contribution in [0.5, 0.6) is 0 Å². The summed E-state index contributed by atoms with van der Waals surface area (Å²) in [6.07, 6.45) is 0.891. The Morgan fingerprint density at radius 3 is 2.77 bits per heavy atom. The van der Waals surface area contributed by atoms with E-state index in [1.165, 1.54) is 12.1 Å². The Hall–Kier alpha value is -2.11. The Balaban J connectivity index is 1.98. The van der Waals surface area contributed by atoms with E-state index >= 15 is 0 Å². The molecule has 0 fully saturated rings. The summed E-state index contributed by atoms with van der Waals surface area (Å²) in [5, 5.41) is 2.45. The molecule has 6 heteroatoms. The second-order valence-corrected chi connectivity index (χ2v) is 6.28. The monoisotopic (exact) mass is 308 g/mol. The first kappa shape index (κ1) is 16.3. The van der Waals surface area contributed by atoms with E-state index < -0.39 is 11.7 Å². The average Bonchev–Trinajstić information content (AvgIpc) is 2.42. The van der Waals surface area contributed by atoms with Crippen LogP contribution in [0.15, 0.2) is 18.2 Å². The van der Waals surface area contributed by atoms with Crippen molar-refractivity contribution in [3.8, 4) is 0 Å². The van der Waals surface area contributed by atoms with Gasteiger partial charge in [0.2, 0.25) is 5.91 Å². The topological polar surface area (TPSA) is 58.6 Å². The largest absolute Gasteiger partial charge is 0.444 e. The van der Waals surface area contributed by atoms with Crippen LogP contribution in [0, 0.1) is 5.82 Å². The van der Waals surface area contributed by atoms with Crippen LogP contribution in [0.2, 0.25) is 0 Å². The molecular formula is C16H21FN2O3. The lowest BCUT2D eigenvalue weighted by Crippen LogP contribution is -2.43. The van der Waals surface area contributed by atoms with Crippen LogP contribution in [-0.4, -0.2) is 30.7 Å². The number of amides is 2. The molecule has 5 nitrogen and oxygen atoms in total. The lowest BCUT2D eigenvalue weighted by Gasteiger charge is -2.29. The summed E-state index contributed by atoms with van der Waals surface area (Å²) < 4.78 is 18.3. The van der Waals surface area contributed by atoms with Gasteiger partial charge in [-0.15, -0.1) is 0 Å². The number of ether oxygens (including phenoxy) is 1. The van der Waals surface area contributed by atoms with E-state index in [0.717, 1.165) is 18.4 Å². The van der Waals surface area contributed by atoms with Crippen LogP contribution in [0.4, 0.5) is 14.9 Å². The molecule has 0 bridgehead atoms. The number of hydrogen-bond acceptors (Lipinski definition) is 3. The maximum Gasteiger partial charge on any atom is 0.408 e. The van der Waals surface area contributed by atoms with E-state index in [1.54, 1.807) is 31.7 Å². The number of anilines is 1. The van der Waals surface area contributed by atoms with Gasteiger partial charge in [0.15, 0.2) is 0 Å². The SMILES string of the molecule is CC(C)(C)OC(=O)NCC(=O)N1CCCc2cc(F)ccc21. The fourth-order valence-corrected chi connectivity index (χ4v) is 2.38. The van der Waals surface area contributed by atoms with Crippen molar-refractivity contribution in [2.75, 3.05) is 18.0 Å². The molecule has 0 aliphatic carbocycles. The molecule has 120 valence electrons. The molecule has 0 radical (unpaired) electrons. The van der Waals surface area contributed by atoms with Crippen molar-refractivity contribution in [2.24, 2.45) is 0 Å². The van der Waals surface area contributed by atoms with Crippen LogP contribution < -0.4 is 10.2 Å². The predicted octanol–water partition coefficient (Wildman–Crippen LogP) is 2.63. The van der Waals surface area contributed by atoms with E-state index in [0.29, 0.717) is 12.2 Å². The number of rotatable bonds is 2. The van der Waals surface area contributed by atoms with Crippen molar-refractivity contribution >= 4 is 17.7 Å². The van der Waals surface area contributed by atoms with E-state index in [9.17, 15) is 14.0 Å². The molecule has 0 saturated carbocycles. The van der Waals surface area contributed by atoms with Gasteiger partial charge in [0.05, 0.1) is 0 Å². The quantitative estimate of drug-likeness (QED) is 0.913. The summed E-state index contributed by atoms with van der Waals surface area (Å²) in [7, 11) is 0. The number of nitrogens with zero attached hydrogens (tertiary/aromatic N) is 1. The lowest BCUT2D eigenvalue weighted by atomic mass is 10.0. The Morgan fingerprint density at radius 2 is 2.09 bits per heavy atom. The van der Waals surface area contributed by atoms with Gasteiger partial charge >= 0.3 is 6.09 Å². The van der Waals surface area contributed by atoms with Gasteiger partial charge in [-0.3, -0.25) is 4.79 Å². The normalized spacial score (nSPS) is 14.3. The lowest BCUT2D eigenvalue weighted by molar-refractivity contribution is -0.117.